The normalized spacial score (nSPS) is 35.1. The van der Waals surface area contributed by atoms with Crippen molar-refractivity contribution in [3.05, 3.63) is 29.6 Å². The summed E-state index contributed by atoms with van der Waals surface area (Å²) in [6.07, 6.45) is 4.34. The van der Waals surface area contributed by atoms with Crippen LogP contribution >= 0.6 is 0 Å². The van der Waals surface area contributed by atoms with Gasteiger partial charge in [0.05, 0.1) is 6.10 Å². The number of hydrogen-bond donors (Lipinski definition) is 1. The Morgan fingerprint density at radius 1 is 1.39 bits per heavy atom. The number of rotatable bonds is 0. The first-order valence-electron chi connectivity index (χ1n) is 6.74. The topological polar surface area (TPSA) is 29.5 Å². The van der Waals surface area contributed by atoms with E-state index in [4.69, 9.17) is 4.74 Å². The minimum atomic E-state index is -0.602. The van der Waals surface area contributed by atoms with Gasteiger partial charge in [0.2, 0.25) is 0 Å². The molecule has 98 valence electrons. The summed E-state index contributed by atoms with van der Waals surface area (Å²) < 4.78 is 19.3. The molecule has 1 fully saturated rings. The van der Waals surface area contributed by atoms with Crippen molar-refractivity contribution in [2.24, 2.45) is 5.92 Å². The summed E-state index contributed by atoms with van der Waals surface area (Å²) in [5.74, 6) is 0.974. The summed E-state index contributed by atoms with van der Waals surface area (Å²) in [6.45, 7) is 2.23. The standard InChI is InChI=1S/C15H19FO2/c1-10-3-2-6-15(8-10)9-13(17)12-7-11(16)4-5-14(12)18-15/h4-5,7,10,13,17H,2-3,6,8-9H2,1H3/t10?,13-,15?/m0/s1. The molecule has 1 heterocycles. The van der Waals surface area contributed by atoms with Gasteiger partial charge in [-0.2, -0.15) is 0 Å². The molecule has 18 heavy (non-hydrogen) atoms. The molecule has 1 aromatic carbocycles. The van der Waals surface area contributed by atoms with Crippen LogP contribution in [-0.2, 0) is 0 Å². The lowest BCUT2D eigenvalue weighted by molar-refractivity contribution is -0.0497. The van der Waals surface area contributed by atoms with E-state index in [2.05, 4.69) is 6.92 Å². The van der Waals surface area contributed by atoms with Gasteiger partial charge in [0.15, 0.2) is 0 Å². The Hall–Kier alpha value is -1.09. The largest absolute Gasteiger partial charge is 0.487 e. The van der Waals surface area contributed by atoms with E-state index >= 15 is 0 Å². The van der Waals surface area contributed by atoms with Crippen LogP contribution in [-0.4, -0.2) is 10.7 Å². The van der Waals surface area contributed by atoms with Crippen LogP contribution in [0.3, 0.4) is 0 Å². The van der Waals surface area contributed by atoms with Crippen LogP contribution in [0.15, 0.2) is 18.2 Å². The number of fused-ring (bicyclic) bond motifs is 1. The van der Waals surface area contributed by atoms with Crippen LogP contribution in [0.5, 0.6) is 5.75 Å². The second-order valence-electron chi connectivity index (χ2n) is 5.89. The van der Waals surface area contributed by atoms with Crippen LogP contribution in [0.4, 0.5) is 4.39 Å². The maximum atomic E-state index is 13.2. The number of hydrogen-bond acceptors (Lipinski definition) is 2. The van der Waals surface area contributed by atoms with E-state index in [9.17, 15) is 9.50 Å². The van der Waals surface area contributed by atoms with Gasteiger partial charge in [-0.05, 0) is 43.4 Å². The highest BCUT2D eigenvalue weighted by molar-refractivity contribution is 5.38. The van der Waals surface area contributed by atoms with Crippen molar-refractivity contribution in [1.29, 1.82) is 0 Å². The molecule has 0 bridgehead atoms. The number of ether oxygens (including phenoxy) is 1. The van der Waals surface area contributed by atoms with Gasteiger partial charge in [-0.25, -0.2) is 4.39 Å². The van der Waals surface area contributed by atoms with Gasteiger partial charge in [-0.1, -0.05) is 13.3 Å². The average molecular weight is 250 g/mol. The lowest BCUT2D eigenvalue weighted by Gasteiger charge is -2.45. The third kappa shape index (κ3) is 2.01. The minimum absolute atomic E-state index is 0.234. The second-order valence-corrected chi connectivity index (χ2v) is 5.89. The maximum absolute atomic E-state index is 13.2. The van der Waals surface area contributed by atoms with E-state index in [0.29, 0.717) is 23.7 Å². The molecule has 0 amide bonds. The van der Waals surface area contributed by atoms with Crippen LogP contribution in [0, 0.1) is 11.7 Å². The molecule has 1 aliphatic carbocycles. The zero-order chi connectivity index (χ0) is 12.8. The Bertz CT molecular complexity index is 460. The van der Waals surface area contributed by atoms with Gasteiger partial charge < -0.3 is 9.84 Å². The first-order chi connectivity index (χ1) is 8.58. The molecule has 0 saturated heterocycles. The zero-order valence-corrected chi connectivity index (χ0v) is 10.7. The van der Waals surface area contributed by atoms with Crippen molar-refractivity contribution in [1.82, 2.24) is 0 Å². The van der Waals surface area contributed by atoms with Crippen molar-refractivity contribution in [3.8, 4) is 5.75 Å². The van der Waals surface area contributed by atoms with Crippen LogP contribution in [0.25, 0.3) is 0 Å². The maximum Gasteiger partial charge on any atom is 0.126 e. The Kier molecular flexibility index (Phi) is 2.81. The summed E-state index contributed by atoms with van der Waals surface area (Å²) in [5.41, 5.74) is 0.362. The van der Waals surface area contributed by atoms with E-state index < -0.39 is 6.10 Å². The molecular formula is C15H19FO2. The van der Waals surface area contributed by atoms with Crippen molar-refractivity contribution in [2.45, 2.75) is 50.7 Å². The fourth-order valence-electron chi connectivity index (χ4n) is 3.50. The number of aliphatic hydroxyl groups is 1. The van der Waals surface area contributed by atoms with E-state index in [1.807, 2.05) is 0 Å². The first kappa shape index (κ1) is 12.0. The number of halogens is 1. The fraction of sp³-hybridized carbons (Fsp3) is 0.600. The lowest BCUT2D eigenvalue weighted by Crippen LogP contribution is -2.44. The van der Waals surface area contributed by atoms with E-state index in [1.165, 1.54) is 18.6 Å². The molecule has 3 atom stereocenters. The predicted molar refractivity (Wildman–Crippen MR) is 67.0 cm³/mol. The summed E-state index contributed by atoms with van der Waals surface area (Å²) >= 11 is 0. The quantitative estimate of drug-likeness (QED) is 0.762. The molecule has 2 unspecified atom stereocenters. The summed E-state index contributed by atoms with van der Waals surface area (Å²) in [5, 5.41) is 10.2. The van der Waals surface area contributed by atoms with Crippen LogP contribution < -0.4 is 4.74 Å². The average Bonchev–Trinajstić information content (AvgIpc) is 2.30. The zero-order valence-electron chi connectivity index (χ0n) is 10.7. The third-order valence-corrected chi connectivity index (χ3v) is 4.27. The number of benzene rings is 1. The summed E-state index contributed by atoms with van der Waals surface area (Å²) in [4.78, 5) is 0. The molecule has 1 aliphatic heterocycles. The van der Waals surface area contributed by atoms with Gasteiger partial charge in [0, 0.05) is 12.0 Å². The van der Waals surface area contributed by atoms with E-state index in [-0.39, 0.29) is 11.4 Å². The Morgan fingerprint density at radius 3 is 3.00 bits per heavy atom. The third-order valence-electron chi connectivity index (χ3n) is 4.27. The lowest BCUT2D eigenvalue weighted by atomic mass is 9.74. The van der Waals surface area contributed by atoms with Gasteiger partial charge in [0.25, 0.3) is 0 Å². The van der Waals surface area contributed by atoms with Gasteiger partial charge in [0.1, 0.15) is 17.2 Å². The molecule has 1 saturated carbocycles. The Balaban J connectivity index is 1.93. The molecule has 1 spiro atoms. The molecule has 1 aromatic rings. The Morgan fingerprint density at radius 2 is 2.22 bits per heavy atom. The molecule has 2 aliphatic rings. The minimum Gasteiger partial charge on any atom is -0.487 e. The van der Waals surface area contributed by atoms with Gasteiger partial charge in [-0.15, -0.1) is 0 Å². The summed E-state index contributed by atoms with van der Waals surface area (Å²) in [6, 6.07) is 4.43. The van der Waals surface area contributed by atoms with Crippen LogP contribution in [0.1, 0.15) is 50.7 Å². The molecule has 3 heteroatoms. The molecule has 0 radical (unpaired) electrons. The van der Waals surface area contributed by atoms with Gasteiger partial charge >= 0.3 is 0 Å². The highest BCUT2D eigenvalue weighted by Gasteiger charge is 2.43. The van der Waals surface area contributed by atoms with Crippen molar-refractivity contribution >= 4 is 0 Å². The SMILES string of the molecule is CC1CCCC2(C1)C[C@H](O)c1cc(F)ccc1O2. The highest BCUT2D eigenvalue weighted by atomic mass is 19.1. The summed E-state index contributed by atoms with van der Waals surface area (Å²) in [7, 11) is 0. The van der Waals surface area contributed by atoms with Crippen molar-refractivity contribution in [2.75, 3.05) is 0 Å². The van der Waals surface area contributed by atoms with Gasteiger partial charge in [-0.3, -0.25) is 0 Å². The predicted octanol–water partition coefficient (Wildman–Crippen LogP) is 3.59. The molecule has 3 rings (SSSR count). The molecular weight excluding hydrogens is 231 g/mol. The fourth-order valence-corrected chi connectivity index (χ4v) is 3.50. The molecule has 1 N–H and O–H groups in total. The Labute approximate surface area is 107 Å². The van der Waals surface area contributed by atoms with Crippen molar-refractivity contribution < 1.29 is 14.2 Å². The first-order valence-corrected chi connectivity index (χ1v) is 6.74. The number of aliphatic hydroxyl groups excluding tert-OH is 1. The smallest absolute Gasteiger partial charge is 0.126 e. The van der Waals surface area contributed by atoms with Crippen molar-refractivity contribution in [3.63, 3.8) is 0 Å². The highest BCUT2D eigenvalue weighted by Crippen LogP contribution is 2.47. The van der Waals surface area contributed by atoms with E-state index in [1.54, 1.807) is 6.07 Å². The van der Waals surface area contributed by atoms with Crippen LogP contribution in [0.2, 0.25) is 0 Å². The van der Waals surface area contributed by atoms with E-state index in [0.717, 1.165) is 19.3 Å². The monoisotopic (exact) mass is 250 g/mol. The molecule has 2 nitrogen and oxygen atoms in total. The second kappa shape index (κ2) is 4.23. The molecule has 0 aromatic heterocycles.